The lowest BCUT2D eigenvalue weighted by Gasteiger charge is -2.23. The van der Waals surface area contributed by atoms with Crippen molar-refractivity contribution in [1.29, 1.82) is 0 Å². The number of anilines is 1. The van der Waals surface area contributed by atoms with Crippen LogP contribution in [0.3, 0.4) is 0 Å². The number of alkyl halides is 3. The van der Waals surface area contributed by atoms with E-state index in [0.29, 0.717) is 5.69 Å². The molecule has 2 aromatic rings. The summed E-state index contributed by atoms with van der Waals surface area (Å²) in [6, 6.07) is 12.9. The van der Waals surface area contributed by atoms with Gasteiger partial charge in [0, 0.05) is 12.4 Å². The lowest BCUT2D eigenvalue weighted by Crippen LogP contribution is -2.38. The Morgan fingerprint density at radius 1 is 1.18 bits per heavy atom. The van der Waals surface area contributed by atoms with Gasteiger partial charge in [-0.3, -0.25) is 4.79 Å². The summed E-state index contributed by atoms with van der Waals surface area (Å²) in [4.78, 5) is 13.6. The van der Waals surface area contributed by atoms with Gasteiger partial charge in [-0.15, -0.1) is 0 Å². The molecule has 2 rings (SSSR count). The van der Waals surface area contributed by atoms with Crippen molar-refractivity contribution >= 4 is 22.4 Å². The van der Waals surface area contributed by atoms with Crippen molar-refractivity contribution in [1.82, 2.24) is 0 Å². The Morgan fingerprint density at radius 2 is 1.82 bits per heavy atom. The fraction of sp³-hybridized carbons (Fsp3) is 0.312. The molecule has 0 saturated heterocycles. The SMILES string of the molecule is CC(OCC(F)(F)F)C(=O)N(C)c1cccc2ccccc12. The Morgan fingerprint density at radius 3 is 2.50 bits per heavy atom. The van der Waals surface area contributed by atoms with Gasteiger partial charge in [0.15, 0.2) is 0 Å². The molecule has 0 spiro atoms. The van der Waals surface area contributed by atoms with E-state index in [1.807, 2.05) is 30.3 Å². The minimum Gasteiger partial charge on any atom is -0.359 e. The van der Waals surface area contributed by atoms with Crippen LogP contribution in [-0.2, 0) is 9.53 Å². The van der Waals surface area contributed by atoms with Crippen LogP contribution in [0.4, 0.5) is 18.9 Å². The first-order valence-electron chi connectivity index (χ1n) is 6.73. The number of halogens is 3. The smallest absolute Gasteiger partial charge is 0.359 e. The van der Waals surface area contributed by atoms with E-state index in [1.54, 1.807) is 12.1 Å². The Hall–Kier alpha value is -2.08. The molecule has 0 fully saturated rings. The first-order chi connectivity index (χ1) is 10.3. The zero-order valence-electron chi connectivity index (χ0n) is 12.2. The van der Waals surface area contributed by atoms with Gasteiger partial charge in [-0.05, 0) is 18.4 Å². The van der Waals surface area contributed by atoms with E-state index in [4.69, 9.17) is 0 Å². The van der Waals surface area contributed by atoms with Gasteiger partial charge < -0.3 is 9.64 Å². The Bertz CT molecular complexity index is 664. The van der Waals surface area contributed by atoms with Crippen LogP contribution in [0.5, 0.6) is 0 Å². The molecule has 0 aliphatic heterocycles. The number of fused-ring (bicyclic) bond motifs is 1. The van der Waals surface area contributed by atoms with Gasteiger partial charge in [0.05, 0.1) is 5.69 Å². The van der Waals surface area contributed by atoms with Crippen LogP contribution in [0, 0.1) is 0 Å². The summed E-state index contributed by atoms with van der Waals surface area (Å²) in [6.07, 6.45) is -5.63. The lowest BCUT2D eigenvalue weighted by atomic mass is 10.1. The van der Waals surface area contributed by atoms with E-state index in [-0.39, 0.29) is 0 Å². The molecule has 0 aliphatic rings. The number of carbonyl (C=O) groups excluding carboxylic acids is 1. The van der Waals surface area contributed by atoms with Crippen LogP contribution in [0.2, 0.25) is 0 Å². The van der Waals surface area contributed by atoms with Crippen molar-refractivity contribution in [2.45, 2.75) is 19.2 Å². The molecule has 0 aromatic heterocycles. The highest BCUT2D eigenvalue weighted by molar-refractivity contribution is 6.04. The fourth-order valence-electron chi connectivity index (χ4n) is 2.18. The molecule has 22 heavy (non-hydrogen) atoms. The maximum absolute atomic E-state index is 12.2. The van der Waals surface area contributed by atoms with Crippen molar-refractivity contribution in [3.05, 3.63) is 42.5 Å². The van der Waals surface area contributed by atoms with Crippen LogP contribution in [0.15, 0.2) is 42.5 Å². The third-order valence-corrected chi connectivity index (χ3v) is 3.30. The Labute approximate surface area is 126 Å². The van der Waals surface area contributed by atoms with E-state index in [9.17, 15) is 18.0 Å². The molecule has 0 heterocycles. The van der Waals surface area contributed by atoms with Crippen LogP contribution < -0.4 is 4.90 Å². The highest BCUT2D eigenvalue weighted by atomic mass is 19.4. The highest BCUT2D eigenvalue weighted by Crippen LogP contribution is 2.26. The third kappa shape index (κ3) is 3.76. The number of hydrogen-bond acceptors (Lipinski definition) is 2. The number of amides is 1. The van der Waals surface area contributed by atoms with Crippen LogP contribution in [-0.4, -0.2) is 31.8 Å². The molecule has 0 N–H and O–H groups in total. The maximum Gasteiger partial charge on any atom is 0.411 e. The number of nitrogens with zero attached hydrogens (tertiary/aromatic N) is 1. The van der Waals surface area contributed by atoms with Gasteiger partial charge in [-0.25, -0.2) is 0 Å². The highest BCUT2D eigenvalue weighted by Gasteiger charge is 2.31. The summed E-state index contributed by atoms with van der Waals surface area (Å²) in [5.41, 5.74) is 0.630. The zero-order valence-corrected chi connectivity index (χ0v) is 12.2. The van der Waals surface area contributed by atoms with Crippen molar-refractivity contribution in [3.8, 4) is 0 Å². The predicted molar refractivity (Wildman–Crippen MR) is 78.8 cm³/mol. The largest absolute Gasteiger partial charge is 0.411 e. The predicted octanol–water partition coefficient (Wildman–Crippen LogP) is 3.77. The fourth-order valence-corrected chi connectivity index (χ4v) is 2.18. The molecular formula is C16H16F3NO2. The summed E-state index contributed by atoms with van der Waals surface area (Å²) < 4.78 is 41.1. The van der Waals surface area contributed by atoms with Crippen molar-refractivity contribution in [3.63, 3.8) is 0 Å². The standard InChI is InChI=1S/C16H16F3NO2/c1-11(22-10-16(17,18)19)15(21)20(2)14-9-5-7-12-6-3-4-8-13(12)14/h3-9,11H,10H2,1-2H3. The molecule has 1 amide bonds. The number of carbonyl (C=O) groups is 1. The normalized spacial score (nSPS) is 13.1. The lowest BCUT2D eigenvalue weighted by molar-refractivity contribution is -0.185. The number of benzene rings is 2. The molecule has 3 nitrogen and oxygen atoms in total. The second-order valence-corrected chi connectivity index (χ2v) is 4.96. The van der Waals surface area contributed by atoms with Crippen LogP contribution in [0.1, 0.15) is 6.92 Å². The van der Waals surface area contributed by atoms with Gasteiger partial charge in [-0.2, -0.15) is 13.2 Å². The average Bonchev–Trinajstić information content (AvgIpc) is 2.50. The first kappa shape index (κ1) is 16.3. The molecule has 1 atom stereocenters. The molecule has 0 aliphatic carbocycles. The van der Waals surface area contributed by atoms with E-state index in [2.05, 4.69) is 4.74 Å². The summed E-state index contributed by atoms with van der Waals surface area (Å²) in [7, 11) is 1.53. The second-order valence-electron chi connectivity index (χ2n) is 4.96. The van der Waals surface area contributed by atoms with Gasteiger partial charge in [0.2, 0.25) is 0 Å². The summed E-state index contributed by atoms with van der Waals surface area (Å²) in [5.74, 6) is -0.527. The van der Waals surface area contributed by atoms with Gasteiger partial charge >= 0.3 is 6.18 Å². The van der Waals surface area contributed by atoms with E-state index < -0.39 is 24.8 Å². The molecule has 0 bridgehead atoms. The van der Waals surface area contributed by atoms with Gasteiger partial charge in [0.25, 0.3) is 5.91 Å². The van der Waals surface area contributed by atoms with Crippen molar-refractivity contribution in [2.75, 3.05) is 18.6 Å². The third-order valence-electron chi connectivity index (χ3n) is 3.30. The van der Waals surface area contributed by atoms with E-state index in [0.717, 1.165) is 10.8 Å². The number of rotatable bonds is 4. The average molecular weight is 311 g/mol. The van der Waals surface area contributed by atoms with E-state index >= 15 is 0 Å². The Balaban J connectivity index is 2.19. The monoisotopic (exact) mass is 311 g/mol. The molecule has 2 aromatic carbocycles. The van der Waals surface area contributed by atoms with E-state index in [1.165, 1.54) is 18.9 Å². The van der Waals surface area contributed by atoms with Gasteiger partial charge in [0.1, 0.15) is 12.7 Å². The maximum atomic E-state index is 12.2. The molecule has 6 heteroatoms. The molecule has 0 radical (unpaired) electrons. The molecule has 118 valence electrons. The zero-order chi connectivity index (χ0) is 16.3. The van der Waals surface area contributed by atoms with Crippen molar-refractivity contribution in [2.24, 2.45) is 0 Å². The topological polar surface area (TPSA) is 29.5 Å². The molecular weight excluding hydrogens is 295 g/mol. The molecule has 0 saturated carbocycles. The first-order valence-corrected chi connectivity index (χ1v) is 6.73. The molecule has 1 unspecified atom stereocenters. The summed E-state index contributed by atoms with van der Waals surface area (Å²) in [5, 5.41) is 1.80. The Kier molecular flexibility index (Phi) is 4.71. The van der Waals surface area contributed by atoms with Crippen LogP contribution >= 0.6 is 0 Å². The minimum absolute atomic E-state index is 0.527. The number of likely N-dealkylation sites (N-methyl/N-ethyl adjacent to an activating group) is 1. The van der Waals surface area contributed by atoms with Gasteiger partial charge in [-0.1, -0.05) is 36.4 Å². The second kappa shape index (κ2) is 6.36. The number of hydrogen-bond donors (Lipinski definition) is 0. The van der Waals surface area contributed by atoms with Crippen LogP contribution in [0.25, 0.3) is 10.8 Å². The minimum atomic E-state index is -4.45. The quantitative estimate of drug-likeness (QED) is 0.860. The summed E-state index contributed by atoms with van der Waals surface area (Å²) >= 11 is 0. The summed E-state index contributed by atoms with van der Waals surface area (Å²) in [6.45, 7) is -0.126. The number of ether oxygens (including phenoxy) is 1. The van der Waals surface area contributed by atoms with Crippen molar-refractivity contribution < 1.29 is 22.7 Å².